The molecule has 1 saturated heterocycles. The highest BCUT2D eigenvalue weighted by molar-refractivity contribution is 8.03. The van der Waals surface area contributed by atoms with Gasteiger partial charge >= 0.3 is 0 Å². The Bertz CT molecular complexity index is 495. The summed E-state index contributed by atoms with van der Waals surface area (Å²) < 4.78 is 14.3. The number of halogens is 1. The van der Waals surface area contributed by atoms with Crippen molar-refractivity contribution >= 4 is 23.0 Å². The molecule has 2 heterocycles. The first kappa shape index (κ1) is 13.0. The Kier molecular flexibility index (Phi) is 3.80. The summed E-state index contributed by atoms with van der Waals surface area (Å²) in [6, 6.07) is 5.45. The highest BCUT2D eigenvalue weighted by Gasteiger charge is 2.23. The second kappa shape index (κ2) is 5.55. The summed E-state index contributed by atoms with van der Waals surface area (Å²) in [4.78, 5) is 2.30. The number of nitrogens with one attached hydrogen (secondary N) is 1. The van der Waals surface area contributed by atoms with Crippen LogP contribution in [0.3, 0.4) is 0 Å². The maximum Gasteiger partial charge on any atom is 0.132 e. The fourth-order valence-electron chi connectivity index (χ4n) is 2.77. The zero-order valence-electron chi connectivity index (χ0n) is 11.2. The van der Waals surface area contributed by atoms with E-state index >= 15 is 0 Å². The maximum atomic E-state index is 14.3. The minimum Gasteiger partial charge on any atom is -0.368 e. The van der Waals surface area contributed by atoms with Crippen molar-refractivity contribution in [3.63, 3.8) is 0 Å². The standard InChI is InChI=1S/C15H19FN2S/c1-11-9-12(10-19-11)15-13(16)3-2-4-14(15)18-7-5-17-6-8-18/h2-4,10-11,17H,5-9H2,1H3. The molecule has 0 spiro atoms. The van der Waals surface area contributed by atoms with Gasteiger partial charge in [0.1, 0.15) is 5.82 Å². The molecule has 1 aromatic rings. The fraction of sp³-hybridized carbons (Fsp3) is 0.467. The van der Waals surface area contributed by atoms with Crippen LogP contribution in [0.25, 0.3) is 5.57 Å². The molecular formula is C15H19FN2S. The van der Waals surface area contributed by atoms with Crippen LogP contribution in [0.4, 0.5) is 10.1 Å². The smallest absolute Gasteiger partial charge is 0.132 e. The number of anilines is 1. The molecule has 0 saturated carbocycles. The lowest BCUT2D eigenvalue weighted by Gasteiger charge is -2.31. The average Bonchev–Trinajstić information content (AvgIpc) is 2.86. The second-order valence-corrected chi connectivity index (χ2v) is 6.48. The van der Waals surface area contributed by atoms with Crippen LogP contribution in [0.2, 0.25) is 0 Å². The fourth-order valence-corrected chi connectivity index (χ4v) is 3.65. The molecule has 2 aliphatic rings. The maximum absolute atomic E-state index is 14.3. The van der Waals surface area contributed by atoms with E-state index in [0.717, 1.165) is 49.4 Å². The lowest BCUT2D eigenvalue weighted by Crippen LogP contribution is -2.43. The van der Waals surface area contributed by atoms with Gasteiger partial charge in [0.25, 0.3) is 0 Å². The van der Waals surface area contributed by atoms with Crippen molar-refractivity contribution in [2.45, 2.75) is 18.6 Å². The first-order valence-electron chi connectivity index (χ1n) is 6.85. The zero-order chi connectivity index (χ0) is 13.2. The van der Waals surface area contributed by atoms with Crippen LogP contribution in [-0.4, -0.2) is 31.4 Å². The molecule has 0 aliphatic carbocycles. The van der Waals surface area contributed by atoms with Gasteiger partial charge in [0.2, 0.25) is 0 Å². The summed E-state index contributed by atoms with van der Waals surface area (Å²) in [6.45, 7) is 6.04. The van der Waals surface area contributed by atoms with Gasteiger partial charge in [-0.3, -0.25) is 0 Å². The third kappa shape index (κ3) is 2.65. The predicted molar refractivity (Wildman–Crippen MR) is 81.1 cm³/mol. The lowest BCUT2D eigenvalue weighted by molar-refractivity contribution is 0.583. The van der Waals surface area contributed by atoms with E-state index in [1.165, 1.54) is 0 Å². The molecule has 102 valence electrons. The Morgan fingerprint density at radius 2 is 2.11 bits per heavy atom. The number of benzene rings is 1. The van der Waals surface area contributed by atoms with Gasteiger partial charge < -0.3 is 10.2 Å². The van der Waals surface area contributed by atoms with Crippen LogP contribution < -0.4 is 10.2 Å². The molecule has 4 heteroatoms. The molecule has 0 aromatic heterocycles. The van der Waals surface area contributed by atoms with Crippen molar-refractivity contribution in [2.24, 2.45) is 0 Å². The summed E-state index contributed by atoms with van der Waals surface area (Å²) in [5.41, 5.74) is 3.04. The average molecular weight is 278 g/mol. The van der Waals surface area contributed by atoms with Crippen molar-refractivity contribution in [1.82, 2.24) is 5.32 Å². The lowest BCUT2D eigenvalue weighted by atomic mass is 9.99. The van der Waals surface area contributed by atoms with Crippen molar-refractivity contribution < 1.29 is 4.39 Å². The van der Waals surface area contributed by atoms with E-state index in [1.54, 1.807) is 17.8 Å². The number of hydrogen-bond donors (Lipinski definition) is 1. The quantitative estimate of drug-likeness (QED) is 0.895. The van der Waals surface area contributed by atoms with Crippen LogP contribution in [0.1, 0.15) is 18.9 Å². The minimum atomic E-state index is -0.0861. The molecule has 3 rings (SSSR count). The first-order valence-corrected chi connectivity index (χ1v) is 7.79. The monoisotopic (exact) mass is 278 g/mol. The largest absolute Gasteiger partial charge is 0.368 e. The van der Waals surface area contributed by atoms with Gasteiger partial charge in [-0.05, 0) is 29.5 Å². The Balaban J connectivity index is 1.97. The number of thioether (sulfide) groups is 1. The summed E-state index contributed by atoms with van der Waals surface area (Å²) in [7, 11) is 0. The van der Waals surface area contributed by atoms with Gasteiger partial charge in [0.05, 0.1) is 0 Å². The molecule has 0 radical (unpaired) electrons. The van der Waals surface area contributed by atoms with Crippen molar-refractivity contribution in [3.8, 4) is 0 Å². The molecule has 1 unspecified atom stereocenters. The van der Waals surface area contributed by atoms with Crippen LogP contribution in [0.5, 0.6) is 0 Å². The van der Waals surface area contributed by atoms with E-state index in [9.17, 15) is 4.39 Å². The van der Waals surface area contributed by atoms with Crippen molar-refractivity contribution in [3.05, 3.63) is 35.0 Å². The van der Waals surface area contributed by atoms with E-state index in [4.69, 9.17) is 0 Å². The van der Waals surface area contributed by atoms with E-state index in [2.05, 4.69) is 28.6 Å². The molecule has 1 N–H and O–H groups in total. The van der Waals surface area contributed by atoms with Crippen LogP contribution in [0.15, 0.2) is 23.6 Å². The second-order valence-electron chi connectivity index (χ2n) is 5.16. The number of hydrogen-bond acceptors (Lipinski definition) is 3. The number of nitrogens with zero attached hydrogens (tertiary/aromatic N) is 1. The van der Waals surface area contributed by atoms with Gasteiger partial charge in [-0.2, -0.15) is 0 Å². The topological polar surface area (TPSA) is 15.3 Å². The van der Waals surface area contributed by atoms with Crippen molar-refractivity contribution in [2.75, 3.05) is 31.1 Å². The minimum absolute atomic E-state index is 0.0861. The normalized spacial score (nSPS) is 23.6. The third-order valence-corrected chi connectivity index (χ3v) is 4.77. The van der Waals surface area contributed by atoms with Gasteiger partial charge in [-0.1, -0.05) is 13.0 Å². The number of piperazine rings is 1. The molecule has 0 amide bonds. The van der Waals surface area contributed by atoms with E-state index < -0.39 is 0 Å². The molecule has 1 atom stereocenters. The highest BCUT2D eigenvalue weighted by atomic mass is 32.2. The molecule has 1 aromatic carbocycles. The van der Waals surface area contributed by atoms with Gasteiger partial charge in [0, 0.05) is 42.7 Å². The number of allylic oxidation sites excluding steroid dienone is 1. The summed E-state index contributed by atoms with van der Waals surface area (Å²) in [5.74, 6) is -0.0861. The Labute approximate surface area is 118 Å². The summed E-state index contributed by atoms with van der Waals surface area (Å²) in [5, 5.41) is 6.04. The zero-order valence-corrected chi connectivity index (χ0v) is 12.0. The van der Waals surface area contributed by atoms with Crippen molar-refractivity contribution in [1.29, 1.82) is 0 Å². The molecule has 19 heavy (non-hydrogen) atoms. The molecule has 2 aliphatic heterocycles. The van der Waals surface area contributed by atoms with Gasteiger partial charge in [-0.25, -0.2) is 4.39 Å². The Morgan fingerprint density at radius 3 is 2.79 bits per heavy atom. The number of rotatable bonds is 2. The molecular weight excluding hydrogens is 259 g/mol. The van der Waals surface area contributed by atoms with Crippen LogP contribution >= 0.6 is 11.8 Å². The predicted octanol–water partition coefficient (Wildman–Crippen LogP) is 3.10. The molecule has 1 fully saturated rings. The SMILES string of the molecule is CC1CC(c2c(F)cccc2N2CCNCC2)=CS1. The summed E-state index contributed by atoms with van der Waals surface area (Å²) >= 11 is 1.80. The van der Waals surface area contributed by atoms with E-state index in [-0.39, 0.29) is 5.82 Å². The molecule has 0 bridgehead atoms. The van der Waals surface area contributed by atoms with E-state index in [0.29, 0.717) is 5.25 Å². The third-order valence-electron chi connectivity index (χ3n) is 3.72. The van der Waals surface area contributed by atoms with Gasteiger partial charge in [-0.15, -0.1) is 11.8 Å². The van der Waals surface area contributed by atoms with Crippen LogP contribution in [-0.2, 0) is 0 Å². The van der Waals surface area contributed by atoms with E-state index in [1.807, 2.05) is 6.07 Å². The van der Waals surface area contributed by atoms with Gasteiger partial charge in [0.15, 0.2) is 0 Å². The Morgan fingerprint density at radius 1 is 1.32 bits per heavy atom. The van der Waals surface area contributed by atoms with Crippen LogP contribution in [0, 0.1) is 5.82 Å². The Hall–Kier alpha value is -1.00. The highest BCUT2D eigenvalue weighted by Crippen LogP contribution is 2.40. The first-order chi connectivity index (χ1) is 9.25. The molecule has 2 nitrogen and oxygen atoms in total. The summed E-state index contributed by atoms with van der Waals surface area (Å²) in [6.07, 6.45) is 0.963.